The molecule has 104 valence electrons. The van der Waals surface area contributed by atoms with Crippen molar-refractivity contribution in [3.8, 4) is 5.75 Å². The molecule has 0 saturated carbocycles. The predicted molar refractivity (Wildman–Crippen MR) is 79.9 cm³/mol. The second-order valence-corrected chi connectivity index (χ2v) is 5.53. The van der Waals surface area contributed by atoms with Crippen LogP contribution in [0.1, 0.15) is 18.4 Å². The zero-order valence-electron chi connectivity index (χ0n) is 11.2. The third kappa shape index (κ3) is 4.44. The molecule has 1 heterocycles. The molecule has 1 aliphatic heterocycles. The molecular formula is C14H20N2O2S. The average Bonchev–Trinajstić information content (AvgIpc) is 2.42. The van der Waals surface area contributed by atoms with Crippen LogP contribution in [0.3, 0.4) is 0 Å². The maximum atomic E-state index is 11.2. The van der Waals surface area contributed by atoms with Crippen LogP contribution in [-0.4, -0.2) is 31.1 Å². The molecular weight excluding hydrogens is 260 g/mol. The van der Waals surface area contributed by atoms with Gasteiger partial charge in [0.2, 0.25) is 0 Å². The normalized spacial score (nSPS) is 13.6. The number of rotatable bonds is 7. The summed E-state index contributed by atoms with van der Waals surface area (Å²) < 4.78 is 5.33. The molecule has 0 spiro atoms. The van der Waals surface area contributed by atoms with E-state index in [9.17, 15) is 4.79 Å². The summed E-state index contributed by atoms with van der Waals surface area (Å²) in [6, 6.07) is 5.92. The number of hydrogen-bond donors (Lipinski definition) is 2. The number of amides is 1. The molecule has 0 saturated heterocycles. The highest BCUT2D eigenvalue weighted by molar-refractivity contribution is 7.98. The number of ether oxygens (including phenoxy) is 1. The van der Waals surface area contributed by atoms with Crippen LogP contribution in [0.4, 0.5) is 5.69 Å². The number of anilines is 1. The van der Waals surface area contributed by atoms with Crippen molar-refractivity contribution in [2.75, 3.05) is 30.5 Å². The van der Waals surface area contributed by atoms with Gasteiger partial charge >= 0.3 is 0 Å². The topological polar surface area (TPSA) is 50.4 Å². The van der Waals surface area contributed by atoms with Gasteiger partial charge in [0, 0.05) is 6.54 Å². The van der Waals surface area contributed by atoms with Gasteiger partial charge in [-0.25, -0.2) is 0 Å². The smallest absolute Gasteiger partial charge is 0.262 e. The maximum absolute atomic E-state index is 11.2. The molecule has 19 heavy (non-hydrogen) atoms. The fourth-order valence-corrected chi connectivity index (χ4v) is 2.46. The Labute approximate surface area is 118 Å². The lowest BCUT2D eigenvalue weighted by molar-refractivity contribution is -0.118. The molecule has 0 unspecified atom stereocenters. The van der Waals surface area contributed by atoms with Crippen LogP contribution < -0.4 is 15.4 Å². The number of benzene rings is 1. The van der Waals surface area contributed by atoms with Crippen LogP contribution in [-0.2, 0) is 11.3 Å². The van der Waals surface area contributed by atoms with E-state index >= 15 is 0 Å². The molecule has 0 radical (unpaired) electrons. The lowest BCUT2D eigenvalue weighted by atomic mass is 10.1. The first-order valence-corrected chi connectivity index (χ1v) is 7.94. The van der Waals surface area contributed by atoms with Crippen LogP contribution in [0, 0.1) is 0 Å². The van der Waals surface area contributed by atoms with Crippen molar-refractivity contribution < 1.29 is 9.53 Å². The van der Waals surface area contributed by atoms with E-state index in [1.54, 1.807) is 0 Å². The number of hydrogen-bond acceptors (Lipinski definition) is 4. The summed E-state index contributed by atoms with van der Waals surface area (Å²) in [7, 11) is 0. The fourth-order valence-electron chi connectivity index (χ4n) is 1.97. The Hall–Kier alpha value is -1.20. The second kappa shape index (κ2) is 7.40. The fraction of sp³-hybridized carbons (Fsp3) is 0.500. The lowest BCUT2D eigenvalue weighted by Crippen LogP contribution is -2.25. The number of nitrogens with one attached hydrogen (secondary N) is 2. The van der Waals surface area contributed by atoms with Crippen molar-refractivity contribution in [1.29, 1.82) is 0 Å². The Morgan fingerprint density at radius 2 is 2.32 bits per heavy atom. The maximum Gasteiger partial charge on any atom is 0.262 e. The third-order valence-electron chi connectivity index (χ3n) is 2.96. The van der Waals surface area contributed by atoms with E-state index in [0.717, 1.165) is 30.1 Å². The molecule has 1 aliphatic rings. The van der Waals surface area contributed by atoms with Crippen molar-refractivity contribution in [3.63, 3.8) is 0 Å². The molecule has 2 N–H and O–H groups in total. The minimum Gasteiger partial charge on any atom is -0.482 e. The van der Waals surface area contributed by atoms with E-state index in [4.69, 9.17) is 4.74 Å². The largest absolute Gasteiger partial charge is 0.482 e. The molecule has 0 bridgehead atoms. The minimum atomic E-state index is -0.0883. The predicted octanol–water partition coefficient (Wildman–Crippen LogP) is 2.25. The summed E-state index contributed by atoms with van der Waals surface area (Å²) >= 11 is 1.89. The Morgan fingerprint density at radius 3 is 3.16 bits per heavy atom. The Morgan fingerprint density at radius 1 is 1.42 bits per heavy atom. The average molecular weight is 280 g/mol. The van der Waals surface area contributed by atoms with Gasteiger partial charge in [-0.1, -0.05) is 6.07 Å². The first-order chi connectivity index (χ1) is 9.29. The van der Waals surface area contributed by atoms with E-state index in [1.807, 2.05) is 30.0 Å². The van der Waals surface area contributed by atoms with Gasteiger partial charge in [-0.05, 0) is 49.1 Å². The van der Waals surface area contributed by atoms with Crippen molar-refractivity contribution in [3.05, 3.63) is 23.8 Å². The zero-order chi connectivity index (χ0) is 13.5. The quantitative estimate of drug-likeness (QED) is 0.752. The summed E-state index contributed by atoms with van der Waals surface area (Å²) in [4.78, 5) is 11.2. The highest BCUT2D eigenvalue weighted by Gasteiger charge is 2.15. The van der Waals surface area contributed by atoms with Gasteiger partial charge in [0.25, 0.3) is 5.91 Å². The molecule has 0 atom stereocenters. The number of thioether (sulfide) groups is 1. The van der Waals surface area contributed by atoms with Gasteiger partial charge < -0.3 is 15.4 Å². The van der Waals surface area contributed by atoms with Gasteiger partial charge in [-0.15, -0.1) is 0 Å². The van der Waals surface area contributed by atoms with Crippen molar-refractivity contribution in [2.24, 2.45) is 0 Å². The number of unbranched alkanes of at least 4 members (excludes halogenated alkanes) is 1. The van der Waals surface area contributed by atoms with E-state index in [0.29, 0.717) is 0 Å². The van der Waals surface area contributed by atoms with E-state index in [1.165, 1.54) is 18.6 Å². The van der Waals surface area contributed by atoms with Crippen LogP contribution in [0.25, 0.3) is 0 Å². The zero-order valence-corrected chi connectivity index (χ0v) is 12.0. The SMILES string of the molecule is CSCCCCNCc1ccc2c(c1)NC(=O)CO2. The van der Waals surface area contributed by atoms with Crippen LogP contribution in [0.5, 0.6) is 5.75 Å². The molecule has 1 amide bonds. The number of fused-ring (bicyclic) bond motifs is 1. The standard InChI is InChI=1S/C14H20N2O2S/c1-19-7-3-2-6-15-9-11-4-5-13-12(8-11)16-14(17)10-18-13/h4-5,8,15H,2-3,6-7,9-10H2,1H3,(H,16,17). The van der Waals surface area contributed by atoms with Gasteiger partial charge in [-0.3, -0.25) is 4.79 Å². The number of carbonyl (C=O) groups excluding carboxylic acids is 1. The summed E-state index contributed by atoms with van der Waals surface area (Å²) in [5.41, 5.74) is 1.94. The van der Waals surface area contributed by atoms with E-state index in [-0.39, 0.29) is 12.5 Å². The number of carbonyl (C=O) groups is 1. The molecule has 0 aromatic heterocycles. The van der Waals surface area contributed by atoms with Gasteiger partial charge in [-0.2, -0.15) is 11.8 Å². The Kier molecular flexibility index (Phi) is 5.54. The van der Waals surface area contributed by atoms with Crippen molar-refractivity contribution in [2.45, 2.75) is 19.4 Å². The van der Waals surface area contributed by atoms with Crippen LogP contribution >= 0.6 is 11.8 Å². The minimum absolute atomic E-state index is 0.0883. The first kappa shape index (κ1) is 14.2. The van der Waals surface area contributed by atoms with Crippen molar-refractivity contribution in [1.82, 2.24) is 5.32 Å². The van der Waals surface area contributed by atoms with Crippen LogP contribution in [0.15, 0.2) is 18.2 Å². The summed E-state index contributed by atoms with van der Waals surface area (Å²) in [5, 5.41) is 6.24. The summed E-state index contributed by atoms with van der Waals surface area (Å²) in [6.07, 6.45) is 4.59. The summed E-state index contributed by atoms with van der Waals surface area (Å²) in [5.74, 6) is 1.89. The monoisotopic (exact) mass is 280 g/mol. The molecule has 5 heteroatoms. The molecule has 0 fully saturated rings. The van der Waals surface area contributed by atoms with Gasteiger partial charge in [0.05, 0.1) is 5.69 Å². The molecule has 4 nitrogen and oxygen atoms in total. The van der Waals surface area contributed by atoms with Gasteiger partial charge in [0.15, 0.2) is 6.61 Å². The Bertz CT molecular complexity index is 437. The third-order valence-corrected chi connectivity index (χ3v) is 3.65. The molecule has 1 aromatic carbocycles. The molecule has 2 rings (SSSR count). The van der Waals surface area contributed by atoms with Crippen molar-refractivity contribution >= 4 is 23.4 Å². The van der Waals surface area contributed by atoms with E-state index < -0.39 is 0 Å². The molecule has 0 aliphatic carbocycles. The lowest BCUT2D eigenvalue weighted by Gasteiger charge is -2.18. The Balaban J connectivity index is 1.78. The highest BCUT2D eigenvalue weighted by Crippen LogP contribution is 2.28. The van der Waals surface area contributed by atoms with Gasteiger partial charge in [0.1, 0.15) is 5.75 Å². The summed E-state index contributed by atoms with van der Waals surface area (Å²) in [6.45, 7) is 1.96. The first-order valence-electron chi connectivity index (χ1n) is 6.55. The van der Waals surface area contributed by atoms with Crippen LogP contribution in [0.2, 0.25) is 0 Å². The molecule has 1 aromatic rings. The second-order valence-electron chi connectivity index (χ2n) is 4.54. The highest BCUT2D eigenvalue weighted by atomic mass is 32.2. The van der Waals surface area contributed by atoms with E-state index in [2.05, 4.69) is 16.9 Å².